The van der Waals surface area contributed by atoms with Crippen molar-refractivity contribution in [3.63, 3.8) is 0 Å². The van der Waals surface area contributed by atoms with Crippen LogP contribution in [0, 0.1) is 0 Å². The maximum absolute atomic E-state index is 12.6. The summed E-state index contributed by atoms with van der Waals surface area (Å²) in [4.78, 5) is 4.96. The lowest BCUT2D eigenvalue weighted by molar-refractivity contribution is 0.477. The van der Waals surface area contributed by atoms with Crippen LogP contribution in [0.3, 0.4) is 0 Å². The molecule has 3 rings (SSSR count). The number of hydrogen-bond donors (Lipinski definition) is 2. The van der Waals surface area contributed by atoms with Crippen LogP contribution in [0.2, 0.25) is 0 Å². The minimum atomic E-state index is -3.36. The first-order valence-corrected chi connectivity index (χ1v) is 11.2. The zero-order valence-electron chi connectivity index (χ0n) is 16.7. The summed E-state index contributed by atoms with van der Waals surface area (Å²) < 4.78 is 26.8. The van der Waals surface area contributed by atoms with E-state index < -0.39 is 10.0 Å². The smallest absolute Gasteiger partial charge is 0.243 e. The Morgan fingerprint density at radius 2 is 1.62 bits per heavy atom. The minimum absolute atomic E-state index is 0. The summed E-state index contributed by atoms with van der Waals surface area (Å²) in [7, 11) is -3.36. The predicted molar refractivity (Wildman–Crippen MR) is 128 cm³/mol. The van der Waals surface area contributed by atoms with Gasteiger partial charge in [0.05, 0.1) is 11.4 Å². The van der Waals surface area contributed by atoms with Crippen LogP contribution in [0.1, 0.15) is 30.9 Å². The van der Waals surface area contributed by atoms with Crippen LogP contribution in [-0.2, 0) is 23.1 Å². The normalized spacial score (nSPS) is 15.0. The molecule has 0 saturated carbocycles. The molecule has 1 heterocycles. The van der Waals surface area contributed by atoms with Gasteiger partial charge in [0.25, 0.3) is 0 Å². The lowest BCUT2D eigenvalue weighted by atomic mass is 10.2. The minimum Gasteiger partial charge on any atom is -0.357 e. The van der Waals surface area contributed by atoms with Gasteiger partial charge in [0.1, 0.15) is 0 Å². The molecule has 2 aromatic rings. The highest BCUT2D eigenvalue weighted by atomic mass is 127. The number of aliphatic imine (C=N–C) groups is 1. The van der Waals surface area contributed by atoms with Gasteiger partial charge in [-0.25, -0.2) is 13.4 Å². The van der Waals surface area contributed by atoms with Gasteiger partial charge in [-0.15, -0.1) is 24.0 Å². The lowest BCUT2D eigenvalue weighted by Gasteiger charge is -2.16. The second-order valence-corrected chi connectivity index (χ2v) is 8.73. The molecule has 2 aromatic carbocycles. The molecule has 1 aliphatic rings. The number of rotatable bonds is 7. The first-order valence-electron chi connectivity index (χ1n) is 9.75. The van der Waals surface area contributed by atoms with E-state index in [-0.39, 0.29) is 24.0 Å². The van der Waals surface area contributed by atoms with Crippen molar-refractivity contribution in [2.45, 2.75) is 37.8 Å². The van der Waals surface area contributed by atoms with Crippen molar-refractivity contribution in [1.29, 1.82) is 0 Å². The molecule has 1 fully saturated rings. The molecule has 1 aliphatic heterocycles. The van der Waals surface area contributed by atoms with Gasteiger partial charge in [0.15, 0.2) is 5.96 Å². The summed E-state index contributed by atoms with van der Waals surface area (Å²) in [6, 6.07) is 17.2. The zero-order valence-corrected chi connectivity index (χ0v) is 19.8. The molecule has 0 aliphatic carbocycles. The fraction of sp³-hybridized carbons (Fsp3) is 0.381. The Balaban J connectivity index is 0.00000300. The first-order chi connectivity index (χ1) is 13.6. The maximum Gasteiger partial charge on any atom is 0.243 e. The quantitative estimate of drug-likeness (QED) is 0.329. The molecule has 0 atom stereocenters. The van der Waals surface area contributed by atoms with E-state index in [1.54, 1.807) is 16.4 Å². The van der Waals surface area contributed by atoms with Gasteiger partial charge in [-0.05, 0) is 43.0 Å². The van der Waals surface area contributed by atoms with Crippen molar-refractivity contribution in [1.82, 2.24) is 14.9 Å². The molecular weight excluding hydrogens is 499 g/mol. The number of halogens is 1. The van der Waals surface area contributed by atoms with Crippen LogP contribution in [0.4, 0.5) is 0 Å². The third-order valence-corrected chi connectivity index (χ3v) is 6.61. The van der Waals surface area contributed by atoms with E-state index >= 15 is 0 Å². The standard InChI is InChI=1S/C21H28N4O2S.HI/c1-2-22-21(23-16-18-8-4-3-5-9-18)24-17-19-10-12-20(13-11-19)28(26,27)25-14-6-7-15-25;/h3-5,8-13H,2,6-7,14-17H2,1H3,(H2,22,23,24);1H. The largest absolute Gasteiger partial charge is 0.357 e. The van der Waals surface area contributed by atoms with Gasteiger partial charge in [-0.3, -0.25) is 0 Å². The van der Waals surface area contributed by atoms with Gasteiger partial charge in [-0.1, -0.05) is 42.5 Å². The van der Waals surface area contributed by atoms with Gasteiger partial charge >= 0.3 is 0 Å². The molecular formula is C21H29IN4O2S. The molecule has 0 unspecified atom stereocenters. The van der Waals surface area contributed by atoms with Crippen molar-refractivity contribution in [3.05, 3.63) is 65.7 Å². The summed E-state index contributed by atoms with van der Waals surface area (Å²) in [5.41, 5.74) is 2.15. The average Bonchev–Trinajstić information content (AvgIpc) is 3.27. The Morgan fingerprint density at radius 3 is 2.24 bits per heavy atom. The number of nitrogens with zero attached hydrogens (tertiary/aromatic N) is 2. The Morgan fingerprint density at radius 1 is 0.966 bits per heavy atom. The molecule has 1 saturated heterocycles. The molecule has 0 radical (unpaired) electrons. The van der Waals surface area contributed by atoms with E-state index in [4.69, 9.17) is 0 Å². The molecule has 0 amide bonds. The van der Waals surface area contributed by atoms with Crippen molar-refractivity contribution >= 4 is 40.0 Å². The van der Waals surface area contributed by atoms with Gasteiger partial charge < -0.3 is 10.6 Å². The highest BCUT2D eigenvalue weighted by Gasteiger charge is 2.26. The van der Waals surface area contributed by atoms with Crippen LogP contribution in [0.5, 0.6) is 0 Å². The van der Waals surface area contributed by atoms with Gasteiger partial charge in [-0.2, -0.15) is 4.31 Å². The van der Waals surface area contributed by atoms with Gasteiger partial charge in [0, 0.05) is 26.2 Å². The number of nitrogens with one attached hydrogen (secondary N) is 2. The fourth-order valence-electron chi connectivity index (χ4n) is 3.14. The maximum atomic E-state index is 12.6. The third kappa shape index (κ3) is 6.68. The van der Waals surface area contributed by atoms with Crippen molar-refractivity contribution in [3.8, 4) is 0 Å². The van der Waals surface area contributed by atoms with Crippen molar-refractivity contribution in [2.75, 3.05) is 19.6 Å². The summed E-state index contributed by atoms with van der Waals surface area (Å²) >= 11 is 0. The first kappa shape index (κ1) is 23.6. The third-order valence-electron chi connectivity index (χ3n) is 4.69. The Labute approximate surface area is 190 Å². The van der Waals surface area contributed by atoms with Crippen LogP contribution in [-0.4, -0.2) is 38.3 Å². The van der Waals surface area contributed by atoms with E-state index in [2.05, 4.69) is 15.6 Å². The molecule has 29 heavy (non-hydrogen) atoms. The zero-order chi connectivity index (χ0) is 19.8. The summed E-state index contributed by atoms with van der Waals surface area (Å²) in [6.45, 7) is 5.21. The summed E-state index contributed by atoms with van der Waals surface area (Å²) in [5.74, 6) is 0.736. The Bertz CT molecular complexity index is 881. The molecule has 2 N–H and O–H groups in total. The van der Waals surface area contributed by atoms with E-state index in [9.17, 15) is 8.42 Å². The van der Waals surface area contributed by atoms with Crippen LogP contribution in [0.25, 0.3) is 0 Å². The van der Waals surface area contributed by atoms with E-state index in [0.29, 0.717) is 31.1 Å². The summed E-state index contributed by atoms with van der Waals surface area (Å²) in [5, 5.41) is 6.53. The summed E-state index contributed by atoms with van der Waals surface area (Å²) in [6.07, 6.45) is 1.88. The highest BCUT2D eigenvalue weighted by molar-refractivity contribution is 14.0. The lowest BCUT2D eigenvalue weighted by Crippen LogP contribution is -2.36. The fourth-order valence-corrected chi connectivity index (χ4v) is 4.66. The molecule has 0 spiro atoms. The van der Waals surface area contributed by atoms with Crippen LogP contribution < -0.4 is 10.6 Å². The predicted octanol–water partition coefficient (Wildman–Crippen LogP) is 3.34. The number of benzene rings is 2. The second-order valence-electron chi connectivity index (χ2n) is 6.79. The Hall–Kier alpha value is -1.65. The SMILES string of the molecule is CCNC(=NCc1ccccc1)NCc1ccc(S(=O)(=O)N2CCCC2)cc1.I. The topological polar surface area (TPSA) is 73.8 Å². The number of hydrogen-bond acceptors (Lipinski definition) is 3. The van der Waals surface area contributed by atoms with Gasteiger partial charge in [0.2, 0.25) is 10.0 Å². The van der Waals surface area contributed by atoms with E-state index in [1.165, 1.54) is 0 Å². The number of sulfonamides is 1. The highest BCUT2D eigenvalue weighted by Crippen LogP contribution is 2.21. The van der Waals surface area contributed by atoms with Crippen molar-refractivity contribution < 1.29 is 8.42 Å². The van der Waals surface area contributed by atoms with Crippen LogP contribution >= 0.6 is 24.0 Å². The molecule has 0 aromatic heterocycles. The van der Waals surface area contributed by atoms with E-state index in [0.717, 1.165) is 36.5 Å². The molecule has 8 heteroatoms. The monoisotopic (exact) mass is 528 g/mol. The Kier molecular flexibility index (Phi) is 9.38. The number of guanidine groups is 1. The molecule has 6 nitrogen and oxygen atoms in total. The van der Waals surface area contributed by atoms with Crippen LogP contribution in [0.15, 0.2) is 64.5 Å². The average molecular weight is 528 g/mol. The van der Waals surface area contributed by atoms with E-state index in [1.807, 2.05) is 49.4 Å². The second kappa shape index (κ2) is 11.5. The molecule has 158 valence electrons. The molecule has 0 bridgehead atoms. The van der Waals surface area contributed by atoms with Crippen molar-refractivity contribution in [2.24, 2.45) is 4.99 Å².